The van der Waals surface area contributed by atoms with E-state index in [0.29, 0.717) is 36.1 Å². The standard InChI is InChI=1S/C17H23N3O4S/c1-5-20(6-2)25(21,22)14-8-10-17(18-12-14)19-15-9-7-13(23-3)11-16(15)24-4/h7-12H,5-6H2,1-4H3,(H,18,19). The Morgan fingerprint density at radius 1 is 1.08 bits per heavy atom. The summed E-state index contributed by atoms with van der Waals surface area (Å²) < 4.78 is 36.8. The van der Waals surface area contributed by atoms with Crippen LogP contribution in [0.4, 0.5) is 11.5 Å². The fourth-order valence-corrected chi connectivity index (χ4v) is 3.76. The van der Waals surface area contributed by atoms with Crippen LogP contribution in [0.15, 0.2) is 41.4 Å². The monoisotopic (exact) mass is 365 g/mol. The van der Waals surface area contributed by atoms with E-state index in [1.165, 1.54) is 10.5 Å². The van der Waals surface area contributed by atoms with Crippen LogP contribution in [-0.4, -0.2) is 45.0 Å². The molecular weight excluding hydrogens is 342 g/mol. The maximum Gasteiger partial charge on any atom is 0.244 e. The molecule has 0 saturated heterocycles. The number of aromatic nitrogens is 1. The van der Waals surface area contributed by atoms with Crippen molar-refractivity contribution in [3.63, 3.8) is 0 Å². The number of hydrogen-bond acceptors (Lipinski definition) is 6. The second-order valence-electron chi connectivity index (χ2n) is 5.16. The van der Waals surface area contributed by atoms with Crippen LogP contribution in [0, 0.1) is 0 Å². The van der Waals surface area contributed by atoms with Gasteiger partial charge in [0.25, 0.3) is 0 Å². The van der Waals surface area contributed by atoms with Crippen LogP contribution in [0.2, 0.25) is 0 Å². The lowest BCUT2D eigenvalue weighted by atomic mass is 10.2. The molecule has 2 rings (SSSR count). The minimum atomic E-state index is -3.51. The number of pyridine rings is 1. The summed E-state index contributed by atoms with van der Waals surface area (Å²) >= 11 is 0. The van der Waals surface area contributed by atoms with Crippen LogP contribution in [0.25, 0.3) is 0 Å². The first-order chi connectivity index (χ1) is 12.0. The predicted octanol–water partition coefficient (Wildman–Crippen LogP) is 2.87. The number of ether oxygens (including phenoxy) is 2. The number of sulfonamides is 1. The fourth-order valence-electron chi connectivity index (χ4n) is 2.36. The van der Waals surface area contributed by atoms with Crippen LogP contribution in [0.3, 0.4) is 0 Å². The summed E-state index contributed by atoms with van der Waals surface area (Å²) in [5.74, 6) is 1.79. The third-order valence-electron chi connectivity index (χ3n) is 3.75. The van der Waals surface area contributed by atoms with Crippen molar-refractivity contribution in [3.8, 4) is 11.5 Å². The molecule has 2 aromatic rings. The van der Waals surface area contributed by atoms with E-state index in [-0.39, 0.29) is 4.90 Å². The minimum Gasteiger partial charge on any atom is -0.497 e. The molecule has 0 unspecified atom stereocenters. The van der Waals surface area contributed by atoms with Crippen LogP contribution in [0.5, 0.6) is 11.5 Å². The molecule has 1 aromatic carbocycles. The quantitative estimate of drug-likeness (QED) is 0.775. The van der Waals surface area contributed by atoms with E-state index in [1.807, 2.05) is 0 Å². The van der Waals surface area contributed by atoms with Gasteiger partial charge in [-0.2, -0.15) is 4.31 Å². The van der Waals surface area contributed by atoms with Gasteiger partial charge in [-0.25, -0.2) is 13.4 Å². The van der Waals surface area contributed by atoms with Crippen LogP contribution in [-0.2, 0) is 10.0 Å². The molecule has 25 heavy (non-hydrogen) atoms. The molecule has 1 aromatic heterocycles. The molecule has 0 aliphatic rings. The topological polar surface area (TPSA) is 80.8 Å². The van der Waals surface area contributed by atoms with Crippen molar-refractivity contribution in [1.29, 1.82) is 0 Å². The van der Waals surface area contributed by atoms with E-state index >= 15 is 0 Å². The molecular formula is C17H23N3O4S. The van der Waals surface area contributed by atoms with Gasteiger partial charge in [-0.1, -0.05) is 13.8 Å². The Bertz CT molecular complexity index is 803. The lowest BCUT2D eigenvalue weighted by Gasteiger charge is -2.18. The highest BCUT2D eigenvalue weighted by molar-refractivity contribution is 7.89. The third-order valence-corrected chi connectivity index (χ3v) is 5.78. The number of rotatable bonds is 8. The maximum absolute atomic E-state index is 12.5. The summed E-state index contributed by atoms with van der Waals surface area (Å²) in [7, 11) is -0.366. The molecule has 0 saturated carbocycles. The molecule has 0 spiro atoms. The van der Waals surface area contributed by atoms with Gasteiger partial charge in [0.1, 0.15) is 22.2 Å². The van der Waals surface area contributed by atoms with E-state index < -0.39 is 10.0 Å². The lowest BCUT2D eigenvalue weighted by Crippen LogP contribution is -2.30. The van der Waals surface area contributed by atoms with E-state index in [1.54, 1.807) is 58.4 Å². The summed E-state index contributed by atoms with van der Waals surface area (Å²) in [4.78, 5) is 4.38. The van der Waals surface area contributed by atoms with Gasteiger partial charge in [0, 0.05) is 25.4 Å². The summed E-state index contributed by atoms with van der Waals surface area (Å²) in [5, 5.41) is 3.11. The number of hydrogen-bond donors (Lipinski definition) is 1. The van der Waals surface area contributed by atoms with Gasteiger partial charge < -0.3 is 14.8 Å². The van der Waals surface area contributed by atoms with Crippen LogP contribution >= 0.6 is 0 Å². The lowest BCUT2D eigenvalue weighted by molar-refractivity contribution is 0.395. The van der Waals surface area contributed by atoms with Gasteiger partial charge >= 0.3 is 0 Å². The van der Waals surface area contributed by atoms with E-state index in [9.17, 15) is 8.42 Å². The minimum absolute atomic E-state index is 0.170. The molecule has 1 N–H and O–H groups in total. The largest absolute Gasteiger partial charge is 0.497 e. The number of nitrogens with one attached hydrogen (secondary N) is 1. The highest BCUT2D eigenvalue weighted by atomic mass is 32.2. The highest BCUT2D eigenvalue weighted by Gasteiger charge is 2.21. The normalized spacial score (nSPS) is 11.4. The Kier molecular flexibility index (Phi) is 6.22. The first kappa shape index (κ1) is 19.0. The maximum atomic E-state index is 12.5. The summed E-state index contributed by atoms with van der Waals surface area (Å²) in [5.41, 5.74) is 0.704. The number of methoxy groups -OCH3 is 2. The van der Waals surface area contributed by atoms with Gasteiger partial charge in [0.15, 0.2) is 0 Å². The highest BCUT2D eigenvalue weighted by Crippen LogP contribution is 2.31. The van der Waals surface area contributed by atoms with Crippen molar-refractivity contribution in [2.45, 2.75) is 18.7 Å². The average molecular weight is 365 g/mol. The van der Waals surface area contributed by atoms with Crippen LogP contribution < -0.4 is 14.8 Å². The molecule has 0 amide bonds. The van der Waals surface area contributed by atoms with E-state index in [4.69, 9.17) is 9.47 Å². The van der Waals surface area contributed by atoms with Crippen molar-refractivity contribution >= 4 is 21.5 Å². The fraction of sp³-hybridized carbons (Fsp3) is 0.353. The summed E-state index contributed by atoms with van der Waals surface area (Å²) in [6, 6.07) is 8.52. The van der Waals surface area contributed by atoms with E-state index in [0.717, 1.165) is 0 Å². The van der Waals surface area contributed by atoms with Gasteiger partial charge in [-0.15, -0.1) is 0 Å². The van der Waals surface area contributed by atoms with Crippen molar-refractivity contribution in [2.24, 2.45) is 0 Å². The summed E-state index contributed by atoms with van der Waals surface area (Å²) in [6.45, 7) is 4.45. The Balaban J connectivity index is 2.24. The van der Waals surface area contributed by atoms with Crippen LogP contribution in [0.1, 0.15) is 13.8 Å². The smallest absolute Gasteiger partial charge is 0.244 e. The number of nitrogens with zero attached hydrogens (tertiary/aromatic N) is 2. The van der Waals surface area contributed by atoms with Gasteiger partial charge in [0.05, 0.1) is 19.9 Å². The number of anilines is 2. The zero-order valence-corrected chi connectivity index (χ0v) is 15.6. The summed E-state index contributed by atoms with van der Waals surface area (Å²) in [6.07, 6.45) is 1.35. The Morgan fingerprint density at radius 3 is 2.32 bits per heavy atom. The molecule has 0 atom stereocenters. The average Bonchev–Trinajstić information content (AvgIpc) is 2.63. The van der Waals surface area contributed by atoms with Crippen molar-refractivity contribution in [3.05, 3.63) is 36.5 Å². The van der Waals surface area contributed by atoms with Crippen molar-refractivity contribution in [2.75, 3.05) is 32.6 Å². The Labute approximate surface area is 148 Å². The first-order valence-corrected chi connectivity index (χ1v) is 9.35. The van der Waals surface area contributed by atoms with Gasteiger partial charge in [-0.05, 0) is 24.3 Å². The molecule has 8 heteroatoms. The SMILES string of the molecule is CCN(CC)S(=O)(=O)c1ccc(Nc2ccc(OC)cc2OC)nc1. The first-order valence-electron chi connectivity index (χ1n) is 7.91. The van der Waals surface area contributed by atoms with Gasteiger partial charge in [0.2, 0.25) is 10.0 Å². The third kappa shape index (κ3) is 4.21. The van der Waals surface area contributed by atoms with Gasteiger partial charge in [-0.3, -0.25) is 0 Å². The molecule has 7 nitrogen and oxygen atoms in total. The molecule has 0 aliphatic heterocycles. The van der Waals surface area contributed by atoms with E-state index in [2.05, 4.69) is 10.3 Å². The Morgan fingerprint density at radius 2 is 1.80 bits per heavy atom. The zero-order valence-electron chi connectivity index (χ0n) is 14.8. The second kappa shape index (κ2) is 8.17. The second-order valence-corrected chi connectivity index (χ2v) is 7.10. The predicted molar refractivity (Wildman–Crippen MR) is 97.2 cm³/mol. The molecule has 1 heterocycles. The molecule has 0 radical (unpaired) electrons. The molecule has 0 bridgehead atoms. The Hall–Kier alpha value is -2.32. The zero-order chi connectivity index (χ0) is 18.4. The van der Waals surface area contributed by atoms with Crippen molar-refractivity contribution in [1.82, 2.24) is 9.29 Å². The van der Waals surface area contributed by atoms with Crippen molar-refractivity contribution < 1.29 is 17.9 Å². The number of benzene rings is 1. The molecule has 136 valence electrons. The molecule has 0 fully saturated rings. The molecule has 0 aliphatic carbocycles.